The van der Waals surface area contributed by atoms with Crippen LogP contribution in [-0.4, -0.2) is 15.5 Å². The highest BCUT2D eigenvalue weighted by molar-refractivity contribution is 5.81. The van der Waals surface area contributed by atoms with E-state index in [0.29, 0.717) is 12.2 Å². The van der Waals surface area contributed by atoms with E-state index in [1.165, 1.54) is 16.7 Å². The minimum atomic E-state index is -0.207. The third-order valence-corrected chi connectivity index (χ3v) is 6.15. The summed E-state index contributed by atoms with van der Waals surface area (Å²) in [6.07, 6.45) is 2.03. The average Bonchev–Trinajstić information content (AvgIpc) is 3.24. The second kappa shape index (κ2) is 10.4. The third kappa shape index (κ3) is 5.49. The fourth-order valence-electron chi connectivity index (χ4n) is 4.27. The van der Waals surface area contributed by atoms with Gasteiger partial charge < -0.3 is 9.30 Å². The number of carbonyl (C=O) groups excluding carboxylic acids is 1. The molecule has 5 aromatic rings. The van der Waals surface area contributed by atoms with Crippen LogP contribution in [0.4, 0.5) is 0 Å². The maximum absolute atomic E-state index is 12.3. The molecule has 0 saturated carbocycles. The van der Waals surface area contributed by atoms with Crippen LogP contribution in [0.2, 0.25) is 0 Å². The van der Waals surface area contributed by atoms with E-state index >= 15 is 0 Å². The topological polar surface area (TPSA) is 44.1 Å². The number of fused-ring (bicyclic) bond motifs is 1. The van der Waals surface area contributed by atoms with E-state index < -0.39 is 0 Å². The number of rotatable bonds is 8. The van der Waals surface area contributed by atoms with E-state index in [-0.39, 0.29) is 5.97 Å². The van der Waals surface area contributed by atoms with Gasteiger partial charge >= 0.3 is 5.97 Å². The van der Waals surface area contributed by atoms with Crippen LogP contribution in [0.3, 0.4) is 0 Å². The molecule has 174 valence electrons. The molecule has 0 fully saturated rings. The summed E-state index contributed by atoms with van der Waals surface area (Å²) >= 11 is 0. The van der Waals surface area contributed by atoms with Gasteiger partial charge in [0.05, 0.1) is 11.0 Å². The molecule has 4 heteroatoms. The average molecular weight is 461 g/mol. The Balaban J connectivity index is 1.28. The summed E-state index contributed by atoms with van der Waals surface area (Å²) < 4.78 is 7.81. The summed E-state index contributed by atoms with van der Waals surface area (Å²) in [6.45, 7) is 2.81. The van der Waals surface area contributed by atoms with Gasteiger partial charge in [0.1, 0.15) is 11.6 Å². The van der Waals surface area contributed by atoms with Crippen molar-refractivity contribution in [1.29, 1.82) is 0 Å². The minimum absolute atomic E-state index is 0.207. The van der Waals surface area contributed by atoms with Crippen molar-refractivity contribution in [3.8, 4) is 17.1 Å². The number of carbonyl (C=O) groups is 1. The zero-order valence-electron chi connectivity index (χ0n) is 19.9. The number of nitrogens with zero attached hydrogens (tertiary/aromatic N) is 2. The lowest BCUT2D eigenvalue weighted by Gasteiger charge is -2.10. The molecule has 0 bridgehead atoms. The molecular weight excluding hydrogens is 432 g/mol. The van der Waals surface area contributed by atoms with Crippen molar-refractivity contribution >= 4 is 17.0 Å². The van der Waals surface area contributed by atoms with Crippen LogP contribution in [0.5, 0.6) is 5.75 Å². The van der Waals surface area contributed by atoms with Gasteiger partial charge in [-0.3, -0.25) is 4.79 Å². The number of esters is 1. The summed E-state index contributed by atoms with van der Waals surface area (Å²) in [5.41, 5.74) is 6.74. The Morgan fingerprint density at radius 2 is 1.51 bits per heavy atom. The summed E-state index contributed by atoms with van der Waals surface area (Å²) in [7, 11) is 0. The van der Waals surface area contributed by atoms with Gasteiger partial charge in [0, 0.05) is 18.5 Å². The van der Waals surface area contributed by atoms with Crippen LogP contribution in [0.15, 0.2) is 103 Å². The molecular formula is C31H28N2O2. The molecule has 4 aromatic carbocycles. The van der Waals surface area contributed by atoms with Gasteiger partial charge in [-0.1, -0.05) is 72.3 Å². The highest BCUT2D eigenvalue weighted by Crippen LogP contribution is 2.27. The molecule has 1 heterocycles. The molecule has 0 unspecified atom stereocenters. The molecule has 0 N–H and O–H groups in total. The Morgan fingerprint density at radius 3 is 2.29 bits per heavy atom. The Kier molecular flexibility index (Phi) is 6.71. The lowest BCUT2D eigenvalue weighted by molar-refractivity contribution is -0.134. The molecule has 5 rings (SSSR count). The highest BCUT2D eigenvalue weighted by atomic mass is 16.5. The van der Waals surface area contributed by atoms with Crippen LogP contribution in [0.1, 0.15) is 29.5 Å². The van der Waals surface area contributed by atoms with Crippen LogP contribution in [0, 0.1) is 6.92 Å². The van der Waals surface area contributed by atoms with Gasteiger partial charge in [-0.15, -0.1) is 0 Å². The predicted octanol–water partition coefficient (Wildman–Crippen LogP) is 6.99. The first kappa shape index (κ1) is 22.6. The Hall–Kier alpha value is -4.18. The van der Waals surface area contributed by atoms with E-state index in [4.69, 9.17) is 9.72 Å². The minimum Gasteiger partial charge on any atom is -0.427 e. The van der Waals surface area contributed by atoms with E-state index in [1.807, 2.05) is 48.5 Å². The van der Waals surface area contributed by atoms with E-state index in [1.54, 1.807) is 0 Å². The fourth-order valence-corrected chi connectivity index (χ4v) is 4.27. The van der Waals surface area contributed by atoms with Crippen molar-refractivity contribution in [2.24, 2.45) is 0 Å². The maximum Gasteiger partial charge on any atom is 0.311 e. The van der Waals surface area contributed by atoms with E-state index in [9.17, 15) is 4.79 Å². The monoisotopic (exact) mass is 460 g/mol. The largest absolute Gasteiger partial charge is 0.427 e. The zero-order chi connectivity index (χ0) is 24.0. The molecule has 0 spiro atoms. The molecule has 0 aliphatic heterocycles. The predicted molar refractivity (Wildman–Crippen MR) is 140 cm³/mol. The Labute approximate surface area is 205 Å². The number of hydrogen-bond donors (Lipinski definition) is 0. The van der Waals surface area contributed by atoms with Crippen LogP contribution in [0.25, 0.3) is 22.4 Å². The SMILES string of the molecule is Cc1ccc(CCCC(=O)Oc2ccc(-c3nc4ccccc4n3Cc3ccccc3)cc2)cc1. The number of aryl methyl sites for hydroxylation is 2. The summed E-state index contributed by atoms with van der Waals surface area (Å²) in [5.74, 6) is 1.24. The summed E-state index contributed by atoms with van der Waals surface area (Å²) in [5, 5.41) is 0. The van der Waals surface area contributed by atoms with Gasteiger partial charge in [0.15, 0.2) is 0 Å². The van der Waals surface area contributed by atoms with E-state index in [0.717, 1.165) is 41.8 Å². The van der Waals surface area contributed by atoms with Crippen molar-refractivity contribution in [1.82, 2.24) is 9.55 Å². The zero-order valence-corrected chi connectivity index (χ0v) is 19.9. The van der Waals surface area contributed by atoms with Crippen LogP contribution < -0.4 is 4.74 Å². The molecule has 0 amide bonds. The van der Waals surface area contributed by atoms with Crippen molar-refractivity contribution in [3.05, 3.63) is 120 Å². The normalized spacial score (nSPS) is 11.0. The van der Waals surface area contributed by atoms with Gasteiger partial charge in [-0.2, -0.15) is 0 Å². The van der Waals surface area contributed by atoms with Crippen molar-refractivity contribution in [2.75, 3.05) is 0 Å². The second-order valence-corrected chi connectivity index (χ2v) is 8.83. The number of hydrogen-bond acceptors (Lipinski definition) is 3. The standard InChI is InChI=1S/C31H28N2O2/c1-23-14-16-24(17-15-23)10-7-13-30(34)35-27-20-18-26(19-21-27)31-32-28-11-5-6-12-29(28)33(31)22-25-8-3-2-4-9-25/h2-6,8-9,11-12,14-21H,7,10,13,22H2,1H3. The lowest BCUT2D eigenvalue weighted by Crippen LogP contribution is -2.08. The number of aromatic nitrogens is 2. The smallest absolute Gasteiger partial charge is 0.311 e. The van der Waals surface area contributed by atoms with Gasteiger partial charge in [-0.05, 0) is 67.3 Å². The number of imidazole rings is 1. The third-order valence-electron chi connectivity index (χ3n) is 6.15. The van der Waals surface area contributed by atoms with Crippen molar-refractivity contribution in [3.63, 3.8) is 0 Å². The molecule has 0 aliphatic carbocycles. The quantitative estimate of drug-likeness (QED) is 0.185. The first-order chi connectivity index (χ1) is 17.2. The number of benzene rings is 4. The highest BCUT2D eigenvalue weighted by Gasteiger charge is 2.13. The molecule has 0 atom stereocenters. The van der Waals surface area contributed by atoms with Gasteiger partial charge in [0.25, 0.3) is 0 Å². The first-order valence-corrected chi connectivity index (χ1v) is 12.0. The number of para-hydroxylation sites is 2. The maximum atomic E-state index is 12.3. The Morgan fingerprint density at radius 1 is 0.800 bits per heavy atom. The first-order valence-electron chi connectivity index (χ1n) is 12.0. The molecule has 35 heavy (non-hydrogen) atoms. The summed E-state index contributed by atoms with van der Waals surface area (Å²) in [4.78, 5) is 17.2. The molecule has 1 aromatic heterocycles. The summed E-state index contributed by atoms with van der Waals surface area (Å²) in [6, 6.07) is 34.6. The van der Waals surface area contributed by atoms with Crippen LogP contribution >= 0.6 is 0 Å². The van der Waals surface area contributed by atoms with Crippen LogP contribution in [-0.2, 0) is 17.8 Å². The molecule has 4 nitrogen and oxygen atoms in total. The van der Waals surface area contributed by atoms with Crippen molar-refractivity contribution in [2.45, 2.75) is 32.7 Å². The number of ether oxygens (including phenoxy) is 1. The second-order valence-electron chi connectivity index (χ2n) is 8.83. The Bertz CT molecular complexity index is 1420. The van der Waals surface area contributed by atoms with Gasteiger partial charge in [-0.25, -0.2) is 4.98 Å². The van der Waals surface area contributed by atoms with E-state index in [2.05, 4.69) is 66.1 Å². The molecule has 0 saturated heterocycles. The van der Waals surface area contributed by atoms with Crippen molar-refractivity contribution < 1.29 is 9.53 Å². The molecule has 0 radical (unpaired) electrons. The van der Waals surface area contributed by atoms with Gasteiger partial charge in [0.2, 0.25) is 0 Å². The lowest BCUT2D eigenvalue weighted by atomic mass is 10.1. The fraction of sp³-hybridized carbons (Fsp3) is 0.161. The molecule has 0 aliphatic rings.